The van der Waals surface area contributed by atoms with E-state index in [0.717, 1.165) is 44.7 Å². The van der Waals surface area contributed by atoms with E-state index in [0.29, 0.717) is 11.1 Å². The lowest BCUT2D eigenvalue weighted by molar-refractivity contribution is 0.0755. The van der Waals surface area contributed by atoms with Crippen LogP contribution in [0.5, 0.6) is 0 Å². The number of carbonyl (C=O) groups excluding carboxylic acids is 2. The van der Waals surface area contributed by atoms with Crippen molar-refractivity contribution in [2.45, 2.75) is 39.5 Å². The highest BCUT2D eigenvalue weighted by Crippen LogP contribution is 2.22. The first kappa shape index (κ1) is 20.9. The first-order valence-electron chi connectivity index (χ1n) is 10.7. The maximum absolute atomic E-state index is 12.8. The number of amides is 2. The number of anilines is 2. The van der Waals surface area contributed by atoms with Crippen LogP contribution in [0.15, 0.2) is 48.5 Å². The van der Waals surface area contributed by atoms with Gasteiger partial charge in [-0.05, 0) is 68.1 Å². The monoisotopic (exact) mass is 393 g/mol. The molecule has 1 heterocycles. The molecule has 2 aromatic carbocycles. The standard InChI is InChI=1S/C24H31N3O2/c1-3-14-27(15-4-2)24(29)20-9-7-8-19(18-20)23(28)25-21-10-12-22(13-11-21)26-16-5-6-17-26/h7-13,18H,3-6,14-17H2,1-2H3,(H,25,28). The third-order valence-corrected chi connectivity index (χ3v) is 5.24. The van der Waals surface area contributed by atoms with Crippen LogP contribution >= 0.6 is 0 Å². The molecular weight excluding hydrogens is 362 g/mol. The van der Waals surface area contributed by atoms with E-state index < -0.39 is 0 Å². The number of rotatable bonds is 8. The van der Waals surface area contributed by atoms with Crippen molar-refractivity contribution in [3.05, 3.63) is 59.7 Å². The number of nitrogens with zero attached hydrogens (tertiary/aromatic N) is 2. The zero-order chi connectivity index (χ0) is 20.6. The van der Waals surface area contributed by atoms with Gasteiger partial charge in [0.2, 0.25) is 0 Å². The van der Waals surface area contributed by atoms with E-state index in [1.54, 1.807) is 24.3 Å². The van der Waals surface area contributed by atoms with Gasteiger partial charge in [0.25, 0.3) is 11.8 Å². The van der Waals surface area contributed by atoms with Gasteiger partial charge < -0.3 is 15.1 Å². The third-order valence-electron chi connectivity index (χ3n) is 5.24. The Balaban J connectivity index is 1.68. The Bertz CT molecular complexity index is 820. The smallest absolute Gasteiger partial charge is 0.255 e. The maximum Gasteiger partial charge on any atom is 0.255 e. The predicted octanol–water partition coefficient (Wildman–Crippen LogP) is 4.80. The Hall–Kier alpha value is -2.82. The Morgan fingerprint density at radius 3 is 2.17 bits per heavy atom. The molecule has 1 fully saturated rings. The summed E-state index contributed by atoms with van der Waals surface area (Å²) in [6.07, 6.45) is 4.31. The van der Waals surface area contributed by atoms with Gasteiger partial charge in [-0.1, -0.05) is 19.9 Å². The van der Waals surface area contributed by atoms with Gasteiger partial charge in [0, 0.05) is 48.7 Å². The Morgan fingerprint density at radius 1 is 0.931 bits per heavy atom. The normalized spacial score (nSPS) is 13.4. The van der Waals surface area contributed by atoms with E-state index >= 15 is 0 Å². The van der Waals surface area contributed by atoms with Gasteiger partial charge in [0.1, 0.15) is 0 Å². The van der Waals surface area contributed by atoms with Crippen LogP contribution in [-0.4, -0.2) is 42.9 Å². The molecule has 0 aromatic heterocycles. The summed E-state index contributed by atoms with van der Waals surface area (Å²) in [6.45, 7) is 7.78. The SMILES string of the molecule is CCCN(CCC)C(=O)c1cccc(C(=O)Nc2ccc(N3CCCC3)cc2)c1. The van der Waals surface area contributed by atoms with Gasteiger partial charge >= 0.3 is 0 Å². The van der Waals surface area contributed by atoms with Crippen molar-refractivity contribution in [2.24, 2.45) is 0 Å². The summed E-state index contributed by atoms with van der Waals surface area (Å²) in [6, 6.07) is 15.0. The molecule has 29 heavy (non-hydrogen) atoms. The van der Waals surface area contributed by atoms with Crippen molar-refractivity contribution in [2.75, 3.05) is 36.4 Å². The summed E-state index contributed by atoms with van der Waals surface area (Å²) in [5.74, 6) is -0.218. The number of hydrogen-bond acceptors (Lipinski definition) is 3. The van der Waals surface area contributed by atoms with Gasteiger partial charge in [-0.25, -0.2) is 0 Å². The summed E-state index contributed by atoms with van der Waals surface area (Å²) >= 11 is 0. The molecule has 2 aromatic rings. The molecular formula is C24H31N3O2. The Kier molecular flexibility index (Phi) is 7.28. The molecule has 5 nitrogen and oxygen atoms in total. The van der Waals surface area contributed by atoms with Crippen molar-refractivity contribution in [1.82, 2.24) is 4.90 Å². The molecule has 1 aliphatic heterocycles. The second kappa shape index (κ2) is 10.1. The summed E-state index contributed by atoms with van der Waals surface area (Å²) in [5, 5.41) is 2.94. The summed E-state index contributed by atoms with van der Waals surface area (Å²) in [5.41, 5.74) is 3.00. The second-order valence-corrected chi connectivity index (χ2v) is 7.57. The van der Waals surface area contributed by atoms with Crippen LogP contribution in [-0.2, 0) is 0 Å². The van der Waals surface area contributed by atoms with Crippen molar-refractivity contribution < 1.29 is 9.59 Å². The minimum absolute atomic E-state index is 0.0154. The van der Waals surface area contributed by atoms with Gasteiger partial charge in [0.15, 0.2) is 0 Å². The summed E-state index contributed by atoms with van der Waals surface area (Å²) in [7, 11) is 0. The highest BCUT2D eigenvalue weighted by molar-refractivity contribution is 6.06. The van der Waals surface area contributed by atoms with Crippen molar-refractivity contribution in [1.29, 1.82) is 0 Å². The second-order valence-electron chi connectivity index (χ2n) is 7.57. The molecule has 0 aliphatic carbocycles. The fourth-order valence-electron chi connectivity index (χ4n) is 3.76. The van der Waals surface area contributed by atoms with Gasteiger partial charge in [-0.2, -0.15) is 0 Å². The summed E-state index contributed by atoms with van der Waals surface area (Å²) in [4.78, 5) is 29.7. The van der Waals surface area contributed by atoms with E-state index in [1.165, 1.54) is 18.5 Å². The minimum atomic E-state index is -0.203. The largest absolute Gasteiger partial charge is 0.372 e. The lowest BCUT2D eigenvalue weighted by Crippen LogP contribution is -2.32. The van der Waals surface area contributed by atoms with Crippen LogP contribution < -0.4 is 10.2 Å². The van der Waals surface area contributed by atoms with Crippen LogP contribution in [0.4, 0.5) is 11.4 Å². The molecule has 154 valence electrons. The zero-order valence-corrected chi connectivity index (χ0v) is 17.5. The van der Waals surface area contributed by atoms with E-state index in [1.807, 2.05) is 29.2 Å². The molecule has 0 atom stereocenters. The molecule has 0 radical (unpaired) electrons. The van der Waals surface area contributed by atoms with Crippen LogP contribution in [0.1, 0.15) is 60.2 Å². The number of hydrogen-bond donors (Lipinski definition) is 1. The highest BCUT2D eigenvalue weighted by atomic mass is 16.2. The fourth-order valence-corrected chi connectivity index (χ4v) is 3.76. The van der Waals surface area contributed by atoms with Gasteiger partial charge in [0.05, 0.1) is 0 Å². The minimum Gasteiger partial charge on any atom is -0.372 e. The van der Waals surface area contributed by atoms with E-state index in [4.69, 9.17) is 0 Å². The first-order chi connectivity index (χ1) is 14.1. The average molecular weight is 394 g/mol. The topological polar surface area (TPSA) is 52.7 Å². The third kappa shape index (κ3) is 5.37. The molecule has 0 saturated carbocycles. The maximum atomic E-state index is 12.8. The van der Waals surface area contributed by atoms with Crippen molar-refractivity contribution in [3.63, 3.8) is 0 Å². The van der Waals surface area contributed by atoms with Gasteiger partial charge in [-0.15, -0.1) is 0 Å². The van der Waals surface area contributed by atoms with E-state index in [2.05, 4.69) is 24.1 Å². The molecule has 0 bridgehead atoms. The van der Waals surface area contributed by atoms with Crippen LogP contribution in [0.3, 0.4) is 0 Å². The predicted molar refractivity (Wildman–Crippen MR) is 119 cm³/mol. The first-order valence-corrected chi connectivity index (χ1v) is 10.7. The van der Waals surface area contributed by atoms with E-state index in [-0.39, 0.29) is 11.8 Å². The Labute approximate surface area is 173 Å². The molecule has 3 rings (SSSR count). The van der Waals surface area contributed by atoms with Crippen LogP contribution in [0.25, 0.3) is 0 Å². The number of nitrogens with one attached hydrogen (secondary N) is 1. The molecule has 0 spiro atoms. The lowest BCUT2D eigenvalue weighted by atomic mass is 10.1. The van der Waals surface area contributed by atoms with Crippen molar-refractivity contribution >= 4 is 23.2 Å². The molecule has 5 heteroatoms. The Morgan fingerprint density at radius 2 is 1.55 bits per heavy atom. The average Bonchev–Trinajstić information content (AvgIpc) is 3.28. The quantitative estimate of drug-likeness (QED) is 0.701. The molecule has 1 aliphatic rings. The number of benzene rings is 2. The lowest BCUT2D eigenvalue weighted by Gasteiger charge is -2.21. The van der Waals surface area contributed by atoms with Crippen molar-refractivity contribution in [3.8, 4) is 0 Å². The zero-order valence-electron chi connectivity index (χ0n) is 17.5. The summed E-state index contributed by atoms with van der Waals surface area (Å²) < 4.78 is 0. The molecule has 1 N–H and O–H groups in total. The van der Waals surface area contributed by atoms with Crippen LogP contribution in [0, 0.1) is 0 Å². The highest BCUT2D eigenvalue weighted by Gasteiger charge is 2.16. The van der Waals surface area contributed by atoms with Gasteiger partial charge in [-0.3, -0.25) is 9.59 Å². The molecule has 0 unspecified atom stereocenters. The fraction of sp³-hybridized carbons (Fsp3) is 0.417. The number of carbonyl (C=O) groups is 2. The van der Waals surface area contributed by atoms with Crippen LogP contribution in [0.2, 0.25) is 0 Å². The van der Waals surface area contributed by atoms with E-state index in [9.17, 15) is 9.59 Å². The molecule has 2 amide bonds. The molecule has 1 saturated heterocycles.